The molecule has 4 aliphatic rings. The first kappa shape index (κ1) is 49.8. The highest BCUT2D eigenvalue weighted by Crippen LogP contribution is 2.27. The molecule has 4 aromatic rings. The Hall–Kier alpha value is -6.64. The summed E-state index contributed by atoms with van der Waals surface area (Å²) in [5, 5.41) is 0. The SMILES string of the molecule is O=C1c2ccccc2C(=O)N1CCCCCN(CCCCCN1C(=O)c2ccccc2C1=O)CCCCN(CCCCCN1C(=O)c2ccccc2C1=O)CCCCCN1C(=O)c2ccccc2C1=O. The molecule has 0 radical (unpaired) electrons. The first-order valence-electron chi connectivity index (χ1n) is 25.4. The molecule has 8 amide bonds. The minimum absolute atomic E-state index is 0.222. The number of carbonyl (C=O) groups is 8. The number of unbranched alkanes of at least 4 members (excludes halogenated alkanes) is 9. The molecule has 70 heavy (non-hydrogen) atoms. The molecular formula is C56H64N6O8. The zero-order valence-electron chi connectivity index (χ0n) is 40.2. The maximum Gasteiger partial charge on any atom is 0.261 e. The lowest BCUT2D eigenvalue weighted by molar-refractivity contribution is 0.0635. The molecule has 8 rings (SSSR count). The van der Waals surface area contributed by atoms with E-state index < -0.39 is 0 Å². The summed E-state index contributed by atoms with van der Waals surface area (Å²) < 4.78 is 0. The van der Waals surface area contributed by atoms with E-state index in [1.807, 2.05) is 0 Å². The van der Waals surface area contributed by atoms with Gasteiger partial charge in [-0.25, -0.2) is 0 Å². The van der Waals surface area contributed by atoms with E-state index in [-0.39, 0.29) is 47.3 Å². The van der Waals surface area contributed by atoms with Crippen LogP contribution in [0.15, 0.2) is 97.1 Å². The molecule has 0 aromatic heterocycles. The molecular weight excluding hydrogens is 885 g/mol. The van der Waals surface area contributed by atoms with Crippen molar-refractivity contribution >= 4 is 47.3 Å². The average molecular weight is 949 g/mol. The van der Waals surface area contributed by atoms with Gasteiger partial charge < -0.3 is 9.80 Å². The highest BCUT2D eigenvalue weighted by Gasteiger charge is 2.37. The highest BCUT2D eigenvalue weighted by atomic mass is 16.2. The van der Waals surface area contributed by atoms with E-state index in [1.165, 1.54) is 19.6 Å². The third-order valence-electron chi connectivity index (χ3n) is 14.1. The zero-order valence-corrected chi connectivity index (χ0v) is 40.2. The van der Waals surface area contributed by atoms with Gasteiger partial charge in [-0.05, 0) is 152 Å². The van der Waals surface area contributed by atoms with Crippen LogP contribution in [0.3, 0.4) is 0 Å². The lowest BCUT2D eigenvalue weighted by atomic mass is 10.1. The predicted molar refractivity (Wildman–Crippen MR) is 265 cm³/mol. The van der Waals surface area contributed by atoms with Crippen LogP contribution in [0.5, 0.6) is 0 Å². The average Bonchev–Trinajstić information content (AvgIpc) is 3.97. The first-order valence-corrected chi connectivity index (χ1v) is 25.4. The van der Waals surface area contributed by atoms with Gasteiger partial charge in [0.25, 0.3) is 47.3 Å². The van der Waals surface area contributed by atoms with Gasteiger partial charge in [-0.2, -0.15) is 0 Å². The Morgan fingerprint density at radius 2 is 0.386 bits per heavy atom. The van der Waals surface area contributed by atoms with Gasteiger partial charge in [0.15, 0.2) is 0 Å². The molecule has 0 fully saturated rings. The number of hydrogen-bond acceptors (Lipinski definition) is 10. The van der Waals surface area contributed by atoms with Crippen molar-refractivity contribution in [2.24, 2.45) is 0 Å². The van der Waals surface area contributed by atoms with Crippen LogP contribution in [0.1, 0.15) is 173 Å². The van der Waals surface area contributed by atoms with Crippen molar-refractivity contribution in [3.63, 3.8) is 0 Å². The van der Waals surface area contributed by atoms with Gasteiger partial charge in [0.1, 0.15) is 0 Å². The predicted octanol–water partition coefficient (Wildman–Crippen LogP) is 8.24. The molecule has 4 aliphatic heterocycles. The molecule has 0 bridgehead atoms. The second-order valence-electron chi connectivity index (χ2n) is 18.9. The van der Waals surface area contributed by atoms with Crippen LogP contribution in [-0.2, 0) is 0 Å². The molecule has 366 valence electrons. The van der Waals surface area contributed by atoms with E-state index in [0.29, 0.717) is 70.7 Å². The van der Waals surface area contributed by atoms with Crippen molar-refractivity contribution in [3.8, 4) is 0 Å². The number of fused-ring (bicyclic) bond motifs is 4. The van der Waals surface area contributed by atoms with E-state index in [0.717, 1.165) is 129 Å². The topological polar surface area (TPSA) is 156 Å². The van der Waals surface area contributed by atoms with Crippen LogP contribution in [-0.4, -0.2) is 142 Å². The standard InChI is InChI=1S/C56H64N6O8/c63-49-41-23-5-6-24-42(41)50(64)59(49)37-17-1-13-31-57(32-14-2-18-38-60-51(65)43-25-7-8-26-44(43)52(60)66)35-21-22-36-58(33-15-3-19-39-61-53(67)45-27-9-10-28-46(45)54(61)68)34-16-4-20-40-62-55(69)47-29-11-12-30-48(47)56(62)70/h5-12,23-30H,1-4,13-22,31-40H2. The monoisotopic (exact) mass is 948 g/mol. The fourth-order valence-electron chi connectivity index (χ4n) is 10.2. The van der Waals surface area contributed by atoms with Crippen LogP contribution in [0.25, 0.3) is 0 Å². The maximum absolute atomic E-state index is 12.9. The van der Waals surface area contributed by atoms with Crippen molar-refractivity contribution in [2.45, 2.75) is 89.9 Å². The molecule has 0 spiro atoms. The summed E-state index contributed by atoms with van der Waals surface area (Å²) in [6, 6.07) is 27.9. The van der Waals surface area contributed by atoms with Gasteiger partial charge in [0, 0.05) is 26.2 Å². The normalized spacial score (nSPS) is 15.2. The number of amides is 8. The van der Waals surface area contributed by atoms with Crippen molar-refractivity contribution in [1.29, 1.82) is 0 Å². The summed E-state index contributed by atoms with van der Waals surface area (Å²) in [6.45, 7) is 6.91. The Balaban J connectivity index is 0.802. The zero-order chi connectivity index (χ0) is 49.0. The van der Waals surface area contributed by atoms with Crippen molar-refractivity contribution in [2.75, 3.05) is 65.4 Å². The van der Waals surface area contributed by atoms with Crippen molar-refractivity contribution in [3.05, 3.63) is 142 Å². The number of nitrogens with zero attached hydrogens (tertiary/aromatic N) is 6. The fraction of sp³-hybridized carbons (Fsp3) is 0.429. The molecule has 0 saturated carbocycles. The molecule has 4 aromatic carbocycles. The van der Waals surface area contributed by atoms with Crippen LogP contribution >= 0.6 is 0 Å². The Kier molecular flexibility index (Phi) is 16.9. The number of hydrogen-bond donors (Lipinski definition) is 0. The summed E-state index contributed by atoms with van der Waals surface area (Å²) in [4.78, 5) is 114. The van der Waals surface area contributed by atoms with Gasteiger partial charge in [-0.1, -0.05) is 74.2 Å². The number of imide groups is 4. The quantitative estimate of drug-likeness (QED) is 0.0384. The summed E-state index contributed by atoms with van der Waals surface area (Å²) >= 11 is 0. The van der Waals surface area contributed by atoms with Gasteiger partial charge in [0.2, 0.25) is 0 Å². The van der Waals surface area contributed by atoms with E-state index in [4.69, 9.17) is 0 Å². The Morgan fingerprint density at radius 1 is 0.229 bits per heavy atom. The number of benzene rings is 4. The minimum Gasteiger partial charge on any atom is -0.303 e. The molecule has 0 saturated heterocycles. The van der Waals surface area contributed by atoms with Crippen molar-refractivity contribution in [1.82, 2.24) is 29.4 Å². The van der Waals surface area contributed by atoms with E-state index >= 15 is 0 Å². The second-order valence-corrected chi connectivity index (χ2v) is 18.9. The van der Waals surface area contributed by atoms with Gasteiger partial charge in [-0.15, -0.1) is 0 Å². The summed E-state index contributed by atoms with van der Waals surface area (Å²) in [5.41, 5.74) is 3.77. The van der Waals surface area contributed by atoms with Crippen LogP contribution in [0, 0.1) is 0 Å². The Bertz CT molecular complexity index is 2120. The first-order chi connectivity index (χ1) is 34.1. The molecule has 0 unspecified atom stereocenters. The summed E-state index contributed by atoms with van der Waals surface area (Å²) in [5.74, 6) is -1.78. The van der Waals surface area contributed by atoms with Gasteiger partial charge >= 0.3 is 0 Å². The number of rotatable bonds is 29. The van der Waals surface area contributed by atoms with E-state index in [2.05, 4.69) is 9.80 Å². The Morgan fingerprint density at radius 3 is 0.557 bits per heavy atom. The molecule has 0 aliphatic carbocycles. The van der Waals surface area contributed by atoms with Crippen LogP contribution < -0.4 is 0 Å². The largest absolute Gasteiger partial charge is 0.303 e. The summed E-state index contributed by atoms with van der Waals surface area (Å²) in [6.07, 6.45) is 12.1. The van der Waals surface area contributed by atoms with Crippen LogP contribution in [0.4, 0.5) is 0 Å². The summed E-state index contributed by atoms with van der Waals surface area (Å²) in [7, 11) is 0. The maximum atomic E-state index is 12.9. The fourth-order valence-corrected chi connectivity index (χ4v) is 10.2. The molecule has 14 nitrogen and oxygen atoms in total. The third kappa shape index (κ3) is 11.3. The minimum atomic E-state index is -0.222. The van der Waals surface area contributed by atoms with Crippen molar-refractivity contribution < 1.29 is 38.4 Å². The van der Waals surface area contributed by atoms with E-state index in [9.17, 15) is 38.4 Å². The second kappa shape index (κ2) is 23.8. The molecule has 4 heterocycles. The molecule has 0 N–H and O–H groups in total. The lowest BCUT2D eigenvalue weighted by Crippen LogP contribution is -2.32. The van der Waals surface area contributed by atoms with E-state index in [1.54, 1.807) is 97.1 Å². The van der Waals surface area contributed by atoms with Gasteiger partial charge in [-0.3, -0.25) is 58.0 Å². The molecule has 0 atom stereocenters. The Labute approximate surface area is 410 Å². The lowest BCUT2D eigenvalue weighted by Gasteiger charge is -2.25. The van der Waals surface area contributed by atoms with Crippen LogP contribution in [0.2, 0.25) is 0 Å². The highest BCUT2D eigenvalue weighted by molar-refractivity contribution is 6.23. The molecule has 14 heteroatoms. The number of carbonyl (C=O) groups excluding carboxylic acids is 8. The third-order valence-corrected chi connectivity index (χ3v) is 14.1. The van der Waals surface area contributed by atoms with Gasteiger partial charge in [0.05, 0.1) is 44.5 Å². The smallest absolute Gasteiger partial charge is 0.261 e.